The van der Waals surface area contributed by atoms with Gasteiger partial charge in [0, 0.05) is 17.0 Å². The lowest BCUT2D eigenvalue weighted by molar-refractivity contribution is -0.133. The highest BCUT2D eigenvalue weighted by Gasteiger charge is 2.17. The van der Waals surface area contributed by atoms with Crippen LogP contribution < -0.4 is 4.74 Å². The van der Waals surface area contributed by atoms with Crippen LogP contribution in [0.5, 0.6) is 5.75 Å². The topological polar surface area (TPSA) is 69.4 Å². The van der Waals surface area contributed by atoms with Crippen LogP contribution in [-0.4, -0.2) is 31.8 Å². The van der Waals surface area contributed by atoms with Crippen LogP contribution in [0.4, 0.5) is 0 Å². The van der Waals surface area contributed by atoms with E-state index in [1.807, 2.05) is 38.3 Å². The Bertz CT molecular complexity index is 861. The molecule has 0 aliphatic carbocycles. The van der Waals surface area contributed by atoms with Crippen LogP contribution in [0.3, 0.4) is 0 Å². The molecule has 0 aliphatic rings. The fraction of sp³-hybridized carbons (Fsp3) is 0.250. The largest absolute Gasteiger partial charge is 0.426 e. The lowest BCUT2D eigenvalue weighted by Gasteiger charge is -2.10. The zero-order valence-corrected chi connectivity index (χ0v) is 13.9. The second-order valence-electron chi connectivity index (χ2n) is 5.04. The van der Waals surface area contributed by atoms with Gasteiger partial charge < -0.3 is 4.74 Å². The van der Waals surface area contributed by atoms with Crippen molar-refractivity contribution in [1.29, 1.82) is 0 Å². The van der Waals surface area contributed by atoms with Crippen molar-refractivity contribution in [1.82, 2.24) is 19.6 Å². The highest BCUT2D eigenvalue weighted by atomic mass is 32.2. The zero-order chi connectivity index (χ0) is 16.4. The van der Waals surface area contributed by atoms with Gasteiger partial charge in [-0.2, -0.15) is 4.98 Å². The molecule has 0 aliphatic heterocycles. The zero-order valence-electron chi connectivity index (χ0n) is 13.1. The highest BCUT2D eigenvalue weighted by Crippen LogP contribution is 2.18. The van der Waals surface area contributed by atoms with E-state index in [-0.39, 0.29) is 12.4 Å². The van der Waals surface area contributed by atoms with Gasteiger partial charge >= 0.3 is 5.97 Å². The Morgan fingerprint density at radius 1 is 1.22 bits per heavy atom. The average molecular weight is 328 g/mol. The number of thioether (sulfide) groups is 1. The van der Waals surface area contributed by atoms with E-state index in [0.29, 0.717) is 16.7 Å². The number of hydrogen-bond acceptors (Lipinski definition) is 6. The first-order valence-electron chi connectivity index (χ1n) is 7.11. The van der Waals surface area contributed by atoms with Crippen LogP contribution in [0.15, 0.2) is 35.5 Å². The van der Waals surface area contributed by atoms with Crippen LogP contribution in [-0.2, 0) is 11.2 Å². The molecule has 0 fully saturated rings. The molecule has 3 rings (SSSR count). The summed E-state index contributed by atoms with van der Waals surface area (Å²) in [5, 5.41) is 5.03. The summed E-state index contributed by atoms with van der Waals surface area (Å²) >= 11 is 1.46. The van der Waals surface area contributed by atoms with Crippen molar-refractivity contribution in [2.75, 3.05) is 6.26 Å². The van der Waals surface area contributed by atoms with E-state index in [9.17, 15) is 4.79 Å². The first-order valence-corrected chi connectivity index (χ1v) is 8.33. The van der Waals surface area contributed by atoms with Gasteiger partial charge in [-0.25, -0.2) is 9.50 Å². The quantitative estimate of drug-likeness (QED) is 0.416. The molecule has 23 heavy (non-hydrogen) atoms. The third-order valence-electron chi connectivity index (χ3n) is 3.51. The fourth-order valence-electron chi connectivity index (χ4n) is 2.33. The van der Waals surface area contributed by atoms with Crippen LogP contribution in [0.2, 0.25) is 0 Å². The average Bonchev–Trinajstić information content (AvgIpc) is 2.95. The second kappa shape index (κ2) is 6.37. The predicted molar refractivity (Wildman–Crippen MR) is 87.8 cm³/mol. The number of carbonyl (C=O) groups excluding carboxylic acids is 1. The molecular weight excluding hydrogens is 312 g/mol. The number of aromatic nitrogens is 4. The van der Waals surface area contributed by atoms with Crippen LogP contribution in [0, 0.1) is 13.8 Å². The Morgan fingerprint density at radius 3 is 2.65 bits per heavy atom. The van der Waals surface area contributed by atoms with Crippen molar-refractivity contribution >= 4 is 23.5 Å². The Kier molecular flexibility index (Phi) is 4.29. The summed E-state index contributed by atoms with van der Waals surface area (Å²) in [7, 11) is 0. The molecule has 0 saturated heterocycles. The third kappa shape index (κ3) is 3.19. The highest BCUT2D eigenvalue weighted by molar-refractivity contribution is 7.98. The van der Waals surface area contributed by atoms with Gasteiger partial charge in [-0.1, -0.05) is 30.0 Å². The van der Waals surface area contributed by atoms with Gasteiger partial charge in [0.05, 0.1) is 6.42 Å². The Hall–Kier alpha value is -2.41. The summed E-state index contributed by atoms with van der Waals surface area (Å²) < 4.78 is 7.02. The molecule has 7 heteroatoms. The number of para-hydroxylation sites is 1. The molecule has 0 amide bonds. The minimum atomic E-state index is -0.325. The molecule has 0 N–H and O–H groups in total. The molecule has 6 nitrogen and oxygen atoms in total. The molecule has 2 heterocycles. The summed E-state index contributed by atoms with van der Waals surface area (Å²) in [6, 6.07) is 9.03. The van der Waals surface area contributed by atoms with Crippen molar-refractivity contribution in [3.63, 3.8) is 0 Å². The standard InChI is InChI=1S/C16H16N4O2S/c1-10-13(9-14(21)22-12-7-5-4-6-8-12)11(2)20-15(17-10)18-16(19-20)23-3/h4-8H,9H2,1-3H3. The van der Waals surface area contributed by atoms with E-state index in [2.05, 4.69) is 15.1 Å². The molecule has 1 aromatic carbocycles. The van der Waals surface area contributed by atoms with Crippen molar-refractivity contribution < 1.29 is 9.53 Å². The Labute approximate surface area is 137 Å². The number of aryl methyl sites for hydroxylation is 2. The summed E-state index contributed by atoms with van der Waals surface area (Å²) in [6.07, 6.45) is 2.05. The number of nitrogens with zero attached hydrogens (tertiary/aromatic N) is 4. The lowest BCUT2D eigenvalue weighted by atomic mass is 10.1. The maximum atomic E-state index is 12.2. The van der Waals surface area contributed by atoms with Gasteiger partial charge in [0.1, 0.15) is 5.75 Å². The molecule has 118 valence electrons. The summed E-state index contributed by atoms with van der Waals surface area (Å²) in [5.41, 5.74) is 2.43. The lowest BCUT2D eigenvalue weighted by Crippen LogP contribution is -2.15. The van der Waals surface area contributed by atoms with E-state index < -0.39 is 0 Å². The van der Waals surface area contributed by atoms with Gasteiger partial charge in [-0.05, 0) is 32.2 Å². The maximum absolute atomic E-state index is 12.2. The van der Waals surface area contributed by atoms with E-state index in [1.54, 1.807) is 16.6 Å². The smallest absolute Gasteiger partial charge is 0.315 e. The number of fused-ring (bicyclic) bond motifs is 1. The Morgan fingerprint density at radius 2 is 1.96 bits per heavy atom. The van der Waals surface area contributed by atoms with Crippen molar-refractivity contribution in [3.05, 3.63) is 47.3 Å². The minimum Gasteiger partial charge on any atom is -0.426 e. The number of esters is 1. The van der Waals surface area contributed by atoms with Crippen molar-refractivity contribution in [2.45, 2.75) is 25.4 Å². The third-order valence-corrected chi connectivity index (χ3v) is 4.05. The van der Waals surface area contributed by atoms with E-state index in [0.717, 1.165) is 17.0 Å². The SMILES string of the molecule is CSc1nc2nc(C)c(CC(=O)Oc3ccccc3)c(C)n2n1. The normalized spacial score (nSPS) is 10.9. The molecule has 2 aromatic heterocycles. The summed E-state index contributed by atoms with van der Waals surface area (Å²) in [4.78, 5) is 20.9. The monoisotopic (exact) mass is 328 g/mol. The van der Waals surface area contributed by atoms with Gasteiger partial charge in [0.2, 0.25) is 5.16 Å². The van der Waals surface area contributed by atoms with Gasteiger partial charge in [0.25, 0.3) is 5.78 Å². The summed E-state index contributed by atoms with van der Waals surface area (Å²) in [5.74, 6) is 0.755. The number of benzene rings is 1. The molecule has 0 spiro atoms. The molecule has 0 unspecified atom stereocenters. The molecule has 0 atom stereocenters. The van der Waals surface area contributed by atoms with Crippen LogP contribution >= 0.6 is 11.8 Å². The molecular formula is C16H16N4O2S. The van der Waals surface area contributed by atoms with Gasteiger partial charge in [-0.15, -0.1) is 5.10 Å². The number of carbonyl (C=O) groups is 1. The Balaban J connectivity index is 1.88. The van der Waals surface area contributed by atoms with E-state index in [1.165, 1.54) is 11.8 Å². The molecule has 0 saturated carbocycles. The van der Waals surface area contributed by atoms with Crippen molar-refractivity contribution in [2.24, 2.45) is 0 Å². The minimum absolute atomic E-state index is 0.143. The predicted octanol–water partition coefficient (Wildman–Crippen LogP) is 2.61. The van der Waals surface area contributed by atoms with E-state index in [4.69, 9.17) is 4.74 Å². The maximum Gasteiger partial charge on any atom is 0.315 e. The molecule has 3 aromatic rings. The number of ether oxygens (including phenoxy) is 1. The number of hydrogen-bond donors (Lipinski definition) is 0. The van der Waals surface area contributed by atoms with Crippen molar-refractivity contribution in [3.8, 4) is 5.75 Å². The molecule has 0 bridgehead atoms. The van der Waals surface area contributed by atoms with Crippen LogP contribution in [0.25, 0.3) is 5.78 Å². The van der Waals surface area contributed by atoms with E-state index >= 15 is 0 Å². The fourth-order valence-corrected chi connectivity index (χ4v) is 2.67. The van der Waals surface area contributed by atoms with Gasteiger partial charge in [-0.3, -0.25) is 4.79 Å². The van der Waals surface area contributed by atoms with Crippen LogP contribution in [0.1, 0.15) is 17.0 Å². The summed E-state index contributed by atoms with van der Waals surface area (Å²) in [6.45, 7) is 3.77. The second-order valence-corrected chi connectivity index (χ2v) is 5.81. The van der Waals surface area contributed by atoms with Gasteiger partial charge in [0.15, 0.2) is 0 Å². The number of rotatable bonds is 4. The molecule has 0 radical (unpaired) electrons. The first kappa shape index (κ1) is 15.5. The first-order chi connectivity index (χ1) is 11.1.